The van der Waals surface area contributed by atoms with Crippen LogP contribution in [0.4, 0.5) is 14.5 Å². The standard InChI is InChI=1S/C18H11F2N5O2/c19-9-1-3-10(4-2-9)25-14(7-15(25)26)18-22-17(24-27-18)11-5-6-13(20)12-8-21-23-16(11)12/h1-6,8,14H,7H2,(H,21,23). The predicted octanol–water partition coefficient (Wildman–Crippen LogP) is 3.37. The van der Waals surface area contributed by atoms with Crippen molar-refractivity contribution >= 4 is 22.5 Å². The van der Waals surface area contributed by atoms with Crippen LogP contribution in [0.2, 0.25) is 0 Å². The molecule has 27 heavy (non-hydrogen) atoms. The molecule has 1 aliphatic heterocycles. The molecule has 4 aromatic rings. The van der Waals surface area contributed by atoms with E-state index in [2.05, 4.69) is 20.3 Å². The summed E-state index contributed by atoms with van der Waals surface area (Å²) in [5.74, 6) is -0.394. The van der Waals surface area contributed by atoms with Crippen molar-refractivity contribution in [1.29, 1.82) is 0 Å². The van der Waals surface area contributed by atoms with Crippen molar-refractivity contribution in [1.82, 2.24) is 20.3 Å². The number of rotatable bonds is 3. The van der Waals surface area contributed by atoms with Gasteiger partial charge in [-0.3, -0.25) is 14.8 Å². The lowest BCUT2D eigenvalue weighted by molar-refractivity contribution is -0.124. The van der Waals surface area contributed by atoms with E-state index in [-0.39, 0.29) is 29.9 Å². The maximum absolute atomic E-state index is 13.8. The van der Waals surface area contributed by atoms with Crippen LogP contribution in [0.5, 0.6) is 0 Å². The van der Waals surface area contributed by atoms with E-state index in [1.54, 1.807) is 0 Å². The highest BCUT2D eigenvalue weighted by Gasteiger charge is 2.42. The van der Waals surface area contributed by atoms with Crippen LogP contribution < -0.4 is 4.90 Å². The highest BCUT2D eigenvalue weighted by atomic mass is 19.1. The van der Waals surface area contributed by atoms with Gasteiger partial charge in [0.25, 0.3) is 5.89 Å². The summed E-state index contributed by atoms with van der Waals surface area (Å²) in [7, 11) is 0. The van der Waals surface area contributed by atoms with Crippen LogP contribution in [0.25, 0.3) is 22.3 Å². The summed E-state index contributed by atoms with van der Waals surface area (Å²) in [6, 6.07) is 8.02. The Morgan fingerprint density at radius 2 is 1.96 bits per heavy atom. The van der Waals surface area contributed by atoms with E-state index in [1.807, 2.05) is 0 Å². The number of hydrogen-bond donors (Lipinski definition) is 1. The number of carbonyl (C=O) groups is 1. The monoisotopic (exact) mass is 367 g/mol. The van der Waals surface area contributed by atoms with Crippen LogP contribution in [0.15, 0.2) is 47.1 Å². The molecule has 0 aliphatic carbocycles. The average molecular weight is 367 g/mol. The quantitative estimate of drug-likeness (QED) is 0.561. The fourth-order valence-electron chi connectivity index (χ4n) is 3.21. The molecule has 2 aromatic heterocycles. The van der Waals surface area contributed by atoms with Crippen LogP contribution in [0.1, 0.15) is 18.4 Å². The zero-order valence-electron chi connectivity index (χ0n) is 13.7. The number of aromatic nitrogens is 4. The molecule has 1 saturated heterocycles. The van der Waals surface area contributed by atoms with Crippen molar-refractivity contribution < 1.29 is 18.1 Å². The number of amides is 1. The van der Waals surface area contributed by atoms with Gasteiger partial charge in [-0.15, -0.1) is 0 Å². The van der Waals surface area contributed by atoms with Gasteiger partial charge in [0.15, 0.2) is 0 Å². The Hall–Kier alpha value is -3.62. The molecule has 1 fully saturated rings. The lowest BCUT2D eigenvalue weighted by Gasteiger charge is -2.37. The minimum absolute atomic E-state index is 0.121. The Morgan fingerprint density at radius 3 is 2.74 bits per heavy atom. The number of β-lactam (4-membered cyclic amide) rings is 1. The predicted molar refractivity (Wildman–Crippen MR) is 90.6 cm³/mol. The zero-order valence-corrected chi connectivity index (χ0v) is 13.7. The van der Waals surface area contributed by atoms with Crippen LogP contribution >= 0.6 is 0 Å². The highest BCUT2D eigenvalue weighted by Crippen LogP contribution is 2.39. The number of hydrogen-bond acceptors (Lipinski definition) is 5. The number of anilines is 1. The van der Waals surface area contributed by atoms with Gasteiger partial charge in [0.1, 0.15) is 17.7 Å². The van der Waals surface area contributed by atoms with Gasteiger partial charge in [0.05, 0.1) is 23.5 Å². The molecule has 2 aromatic carbocycles. The van der Waals surface area contributed by atoms with Crippen molar-refractivity contribution in [2.75, 3.05) is 4.90 Å². The summed E-state index contributed by atoms with van der Waals surface area (Å²) in [6.45, 7) is 0. The second-order valence-electron chi connectivity index (χ2n) is 6.17. The maximum Gasteiger partial charge on any atom is 0.250 e. The fraction of sp³-hybridized carbons (Fsp3) is 0.111. The van der Waals surface area contributed by atoms with Crippen molar-refractivity contribution in [2.24, 2.45) is 0 Å². The summed E-state index contributed by atoms with van der Waals surface area (Å²) in [5, 5.41) is 10.9. The molecule has 0 radical (unpaired) electrons. The summed E-state index contributed by atoms with van der Waals surface area (Å²) >= 11 is 0. The Bertz CT molecular complexity index is 1170. The van der Waals surface area contributed by atoms with Gasteiger partial charge in [-0.1, -0.05) is 5.16 Å². The van der Waals surface area contributed by atoms with Crippen LogP contribution in [0.3, 0.4) is 0 Å². The fourth-order valence-corrected chi connectivity index (χ4v) is 3.21. The molecule has 1 aliphatic rings. The van der Waals surface area contributed by atoms with Crippen molar-refractivity contribution in [3.63, 3.8) is 0 Å². The van der Waals surface area contributed by atoms with Gasteiger partial charge in [-0.25, -0.2) is 8.78 Å². The average Bonchev–Trinajstić information content (AvgIpc) is 3.32. The van der Waals surface area contributed by atoms with Crippen molar-refractivity contribution in [2.45, 2.75) is 12.5 Å². The van der Waals surface area contributed by atoms with Gasteiger partial charge < -0.3 is 4.52 Å². The maximum atomic E-state index is 13.8. The smallest absolute Gasteiger partial charge is 0.250 e. The molecule has 1 unspecified atom stereocenters. The number of carbonyl (C=O) groups excluding carboxylic acids is 1. The minimum atomic E-state index is -0.429. The second kappa shape index (κ2) is 5.70. The number of nitrogens with zero attached hydrogens (tertiary/aromatic N) is 4. The third-order valence-corrected chi connectivity index (χ3v) is 4.58. The number of nitrogens with one attached hydrogen (secondary N) is 1. The third-order valence-electron chi connectivity index (χ3n) is 4.58. The van der Waals surface area contributed by atoms with E-state index in [0.29, 0.717) is 22.2 Å². The summed E-state index contributed by atoms with van der Waals surface area (Å²) in [5.41, 5.74) is 1.55. The van der Waals surface area contributed by atoms with Gasteiger partial charge in [-0.05, 0) is 36.4 Å². The first-order valence-corrected chi connectivity index (χ1v) is 8.15. The minimum Gasteiger partial charge on any atom is -0.337 e. The zero-order chi connectivity index (χ0) is 18.5. The largest absolute Gasteiger partial charge is 0.337 e. The molecule has 0 spiro atoms. The van der Waals surface area contributed by atoms with Crippen molar-refractivity contribution in [3.8, 4) is 11.4 Å². The van der Waals surface area contributed by atoms with Gasteiger partial charge in [0, 0.05) is 11.3 Å². The number of halogens is 2. The molecule has 9 heteroatoms. The molecule has 7 nitrogen and oxygen atoms in total. The van der Waals surface area contributed by atoms with E-state index < -0.39 is 11.9 Å². The highest BCUT2D eigenvalue weighted by molar-refractivity contribution is 6.00. The van der Waals surface area contributed by atoms with E-state index in [4.69, 9.17) is 4.52 Å². The van der Waals surface area contributed by atoms with Crippen LogP contribution in [-0.4, -0.2) is 26.2 Å². The van der Waals surface area contributed by atoms with E-state index in [9.17, 15) is 13.6 Å². The van der Waals surface area contributed by atoms with Gasteiger partial charge in [0.2, 0.25) is 11.7 Å². The Morgan fingerprint density at radius 1 is 1.15 bits per heavy atom. The number of H-pyrrole nitrogens is 1. The summed E-state index contributed by atoms with van der Waals surface area (Å²) < 4.78 is 32.3. The van der Waals surface area contributed by atoms with E-state index >= 15 is 0 Å². The van der Waals surface area contributed by atoms with Gasteiger partial charge >= 0.3 is 0 Å². The van der Waals surface area contributed by atoms with E-state index in [0.717, 1.165) is 0 Å². The number of aromatic amines is 1. The SMILES string of the molecule is O=C1CC(c2nc(-c3ccc(F)c4cn[nH]c34)no2)N1c1ccc(F)cc1. The lowest BCUT2D eigenvalue weighted by atomic mass is 10.0. The summed E-state index contributed by atoms with van der Waals surface area (Å²) in [6.07, 6.45) is 1.60. The molecule has 0 bridgehead atoms. The molecule has 1 N–H and O–H groups in total. The van der Waals surface area contributed by atoms with Crippen LogP contribution in [-0.2, 0) is 4.79 Å². The molecule has 1 amide bonds. The Kier molecular flexibility index (Phi) is 3.30. The normalized spacial score (nSPS) is 16.7. The van der Waals surface area contributed by atoms with Crippen LogP contribution in [0, 0.1) is 11.6 Å². The van der Waals surface area contributed by atoms with E-state index in [1.165, 1.54) is 47.5 Å². The Balaban J connectivity index is 1.50. The molecule has 5 rings (SSSR count). The Labute approximate surface area is 150 Å². The topological polar surface area (TPSA) is 87.9 Å². The van der Waals surface area contributed by atoms with Crippen molar-refractivity contribution in [3.05, 3.63) is 60.1 Å². The first-order valence-electron chi connectivity index (χ1n) is 8.15. The first kappa shape index (κ1) is 15.6. The molecule has 0 saturated carbocycles. The molecule has 134 valence electrons. The second-order valence-corrected chi connectivity index (χ2v) is 6.17. The number of benzene rings is 2. The lowest BCUT2D eigenvalue weighted by Crippen LogP contribution is -2.46. The molecule has 3 heterocycles. The third kappa shape index (κ3) is 2.39. The molecular weight excluding hydrogens is 356 g/mol. The number of fused-ring (bicyclic) bond motifs is 1. The van der Waals surface area contributed by atoms with Gasteiger partial charge in [-0.2, -0.15) is 10.1 Å². The molecule has 1 atom stereocenters. The summed E-state index contributed by atoms with van der Waals surface area (Å²) in [4.78, 5) is 17.9. The molecular formula is C18H11F2N5O2. The first-order chi connectivity index (χ1) is 13.1.